The van der Waals surface area contributed by atoms with Crippen LogP contribution in [-0.2, 0) is 10.0 Å². The number of ether oxygens (including phenoxy) is 1. The molecule has 0 heterocycles. The number of sulfonamides is 1. The summed E-state index contributed by atoms with van der Waals surface area (Å²) in [6.07, 6.45) is 5.46. The molecule has 1 aromatic carbocycles. The molecule has 0 fully saturated rings. The molecule has 0 unspecified atom stereocenters. The summed E-state index contributed by atoms with van der Waals surface area (Å²) in [5, 5.41) is 4.92. The van der Waals surface area contributed by atoms with Gasteiger partial charge in [-0.3, -0.25) is 0 Å². The fourth-order valence-electron chi connectivity index (χ4n) is 1.73. The van der Waals surface area contributed by atoms with Gasteiger partial charge < -0.3 is 4.74 Å². The van der Waals surface area contributed by atoms with Crippen molar-refractivity contribution in [1.82, 2.24) is 0 Å². The van der Waals surface area contributed by atoms with Crippen LogP contribution >= 0.6 is 15.9 Å². The topological polar surface area (TPSA) is 69.4 Å². The van der Waals surface area contributed by atoms with E-state index in [1.165, 1.54) is 12.8 Å². The third-order valence-electron chi connectivity index (χ3n) is 2.80. The molecule has 0 spiro atoms. The highest BCUT2D eigenvalue weighted by atomic mass is 79.9. The molecule has 1 rings (SSSR count). The largest absolute Gasteiger partial charge is 0.492 e. The normalized spacial score (nSPS) is 11.6. The lowest BCUT2D eigenvalue weighted by Crippen LogP contribution is -2.14. The standard InChI is InChI=1S/C13H19BrFNO3S/c1-2-3-4-5-6-7-19-12-9-11(15)13(8-10(12)14)20(16,17)18/h8-9H,2-7H2,1H3,(H2,16,17,18). The SMILES string of the molecule is CCCCCCCOc1cc(F)c(S(N)(=O)=O)cc1Br. The average molecular weight is 368 g/mol. The van der Waals surface area contributed by atoms with Gasteiger partial charge in [0, 0.05) is 6.07 Å². The summed E-state index contributed by atoms with van der Waals surface area (Å²) in [5.74, 6) is -0.623. The van der Waals surface area contributed by atoms with E-state index in [-0.39, 0.29) is 5.75 Å². The zero-order valence-corrected chi connectivity index (χ0v) is 13.8. The van der Waals surface area contributed by atoms with E-state index >= 15 is 0 Å². The van der Waals surface area contributed by atoms with Crippen LogP contribution in [0.5, 0.6) is 5.75 Å². The Labute approximate surface area is 127 Å². The minimum atomic E-state index is -4.07. The van der Waals surface area contributed by atoms with Crippen molar-refractivity contribution >= 4 is 26.0 Å². The average Bonchev–Trinajstić information content (AvgIpc) is 2.35. The van der Waals surface area contributed by atoms with Crippen LogP contribution in [0, 0.1) is 5.82 Å². The first-order valence-electron chi connectivity index (χ1n) is 6.51. The molecule has 114 valence electrons. The van der Waals surface area contributed by atoms with Gasteiger partial charge in [-0.05, 0) is 28.4 Å². The van der Waals surface area contributed by atoms with Crippen molar-refractivity contribution in [2.24, 2.45) is 5.14 Å². The van der Waals surface area contributed by atoms with Crippen LogP contribution in [0.1, 0.15) is 39.0 Å². The van der Waals surface area contributed by atoms with Gasteiger partial charge in [-0.1, -0.05) is 32.6 Å². The number of primary sulfonamides is 1. The summed E-state index contributed by atoms with van der Waals surface area (Å²) in [4.78, 5) is -0.542. The lowest BCUT2D eigenvalue weighted by atomic mass is 10.2. The van der Waals surface area contributed by atoms with Gasteiger partial charge in [0.1, 0.15) is 16.5 Å². The molecule has 7 heteroatoms. The van der Waals surface area contributed by atoms with Crippen molar-refractivity contribution in [1.29, 1.82) is 0 Å². The summed E-state index contributed by atoms with van der Waals surface area (Å²) in [6, 6.07) is 2.16. The van der Waals surface area contributed by atoms with Crippen LogP contribution < -0.4 is 9.88 Å². The zero-order valence-electron chi connectivity index (χ0n) is 11.4. The fraction of sp³-hybridized carbons (Fsp3) is 0.538. The van der Waals surface area contributed by atoms with E-state index in [4.69, 9.17) is 9.88 Å². The van der Waals surface area contributed by atoms with Gasteiger partial charge in [-0.25, -0.2) is 17.9 Å². The molecule has 0 radical (unpaired) electrons. The van der Waals surface area contributed by atoms with Gasteiger partial charge in [0.2, 0.25) is 10.0 Å². The van der Waals surface area contributed by atoms with Crippen molar-refractivity contribution in [2.45, 2.75) is 43.9 Å². The molecule has 0 amide bonds. The number of halogens is 2. The quantitative estimate of drug-likeness (QED) is 0.713. The molecule has 0 saturated heterocycles. The third-order valence-corrected chi connectivity index (χ3v) is 4.34. The number of rotatable bonds is 8. The second-order valence-electron chi connectivity index (χ2n) is 4.52. The Balaban J connectivity index is 2.62. The van der Waals surface area contributed by atoms with E-state index in [0.717, 1.165) is 31.4 Å². The molecular weight excluding hydrogens is 349 g/mol. The van der Waals surface area contributed by atoms with Crippen LogP contribution in [0.4, 0.5) is 4.39 Å². The third kappa shape index (κ3) is 5.38. The van der Waals surface area contributed by atoms with Crippen molar-refractivity contribution < 1.29 is 17.5 Å². The maximum Gasteiger partial charge on any atom is 0.241 e. The second kappa shape index (κ2) is 7.95. The van der Waals surface area contributed by atoms with Crippen LogP contribution in [0.2, 0.25) is 0 Å². The molecule has 4 nitrogen and oxygen atoms in total. The lowest BCUT2D eigenvalue weighted by Gasteiger charge is -2.10. The van der Waals surface area contributed by atoms with Gasteiger partial charge >= 0.3 is 0 Å². The smallest absolute Gasteiger partial charge is 0.241 e. The molecular formula is C13H19BrFNO3S. The molecule has 0 bridgehead atoms. The molecule has 0 aliphatic heterocycles. The summed E-state index contributed by atoms with van der Waals surface area (Å²) in [7, 11) is -4.07. The highest BCUT2D eigenvalue weighted by Gasteiger charge is 2.17. The molecule has 0 saturated carbocycles. The Bertz CT molecular complexity index is 549. The van der Waals surface area contributed by atoms with E-state index in [0.29, 0.717) is 11.1 Å². The Hall–Kier alpha value is -0.660. The predicted molar refractivity (Wildman–Crippen MR) is 79.7 cm³/mol. The molecule has 0 aromatic heterocycles. The summed E-state index contributed by atoms with van der Waals surface area (Å²) >= 11 is 3.16. The van der Waals surface area contributed by atoms with Gasteiger partial charge in [0.25, 0.3) is 0 Å². The van der Waals surface area contributed by atoms with Crippen molar-refractivity contribution in [3.63, 3.8) is 0 Å². The van der Waals surface area contributed by atoms with E-state index in [9.17, 15) is 12.8 Å². The van der Waals surface area contributed by atoms with Gasteiger partial charge in [-0.2, -0.15) is 0 Å². The van der Waals surface area contributed by atoms with Crippen molar-refractivity contribution in [3.8, 4) is 5.75 Å². The molecule has 0 aliphatic carbocycles. The first kappa shape index (κ1) is 17.4. The first-order valence-corrected chi connectivity index (χ1v) is 8.85. The molecule has 2 N–H and O–H groups in total. The molecule has 0 atom stereocenters. The lowest BCUT2D eigenvalue weighted by molar-refractivity contribution is 0.300. The highest BCUT2D eigenvalue weighted by Crippen LogP contribution is 2.30. The summed E-state index contributed by atoms with van der Waals surface area (Å²) in [6.45, 7) is 2.61. The highest BCUT2D eigenvalue weighted by molar-refractivity contribution is 9.10. The Morgan fingerprint density at radius 3 is 2.50 bits per heavy atom. The van der Waals surface area contributed by atoms with Crippen LogP contribution in [0.25, 0.3) is 0 Å². The Kier molecular flexibility index (Phi) is 6.91. The van der Waals surface area contributed by atoms with E-state index in [1.54, 1.807) is 0 Å². The minimum absolute atomic E-state index is 0.283. The number of nitrogens with two attached hydrogens (primary N) is 1. The van der Waals surface area contributed by atoms with E-state index in [1.807, 2.05) is 0 Å². The first-order chi connectivity index (χ1) is 9.36. The van der Waals surface area contributed by atoms with Gasteiger partial charge in [0.15, 0.2) is 0 Å². The predicted octanol–water partition coefficient (Wildman–Crippen LogP) is 3.58. The monoisotopic (exact) mass is 367 g/mol. The van der Waals surface area contributed by atoms with E-state index in [2.05, 4.69) is 22.9 Å². The zero-order chi connectivity index (χ0) is 15.2. The van der Waals surface area contributed by atoms with E-state index < -0.39 is 20.7 Å². The second-order valence-corrected chi connectivity index (χ2v) is 6.90. The summed E-state index contributed by atoms with van der Waals surface area (Å²) in [5.41, 5.74) is 0. The van der Waals surface area contributed by atoms with Crippen molar-refractivity contribution in [2.75, 3.05) is 6.61 Å². The van der Waals surface area contributed by atoms with Gasteiger partial charge in [0.05, 0.1) is 11.1 Å². The Morgan fingerprint density at radius 1 is 1.25 bits per heavy atom. The molecule has 20 heavy (non-hydrogen) atoms. The van der Waals surface area contributed by atoms with Crippen LogP contribution in [-0.4, -0.2) is 15.0 Å². The van der Waals surface area contributed by atoms with Gasteiger partial charge in [-0.15, -0.1) is 0 Å². The Morgan fingerprint density at radius 2 is 1.90 bits per heavy atom. The molecule has 0 aliphatic rings. The number of unbranched alkanes of at least 4 members (excludes halogenated alkanes) is 4. The van der Waals surface area contributed by atoms with Crippen LogP contribution in [0.3, 0.4) is 0 Å². The fourth-order valence-corrected chi connectivity index (χ4v) is 2.95. The molecule has 1 aromatic rings. The number of benzene rings is 1. The van der Waals surface area contributed by atoms with Crippen LogP contribution in [0.15, 0.2) is 21.5 Å². The number of hydrogen-bond donors (Lipinski definition) is 1. The number of hydrogen-bond acceptors (Lipinski definition) is 3. The van der Waals surface area contributed by atoms with Crippen molar-refractivity contribution in [3.05, 3.63) is 22.4 Å². The minimum Gasteiger partial charge on any atom is -0.492 e. The maximum atomic E-state index is 13.6. The summed E-state index contributed by atoms with van der Waals surface area (Å²) < 4.78 is 41.8. The maximum absolute atomic E-state index is 13.6.